The molecule has 0 saturated heterocycles. The van der Waals surface area contributed by atoms with Gasteiger partial charge in [0.1, 0.15) is 0 Å². The maximum absolute atomic E-state index is 12.2. The van der Waals surface area contributed by atoms with Gasteiger partial charge in [0, 0.05) is 31.6 Å². The predicted octanol–water partition coefficient (Wildman–Crippen LogP) is 3.51. The van der Waals surface area contributed by atoms with Gasteiger partial charge in [-0.15, -0.1) is 0 Å². The Morgan fingerprint density at radius 1 is 1.07 bits per heavy atom. The minimum absolute atomic E-state index is 0.102. The Morgan fingerprint density at radius 3 is 2.45 bits per heavy atom. The Labute approximate surface area is 173 Å². The highest BCUT2D eigenvalue weighted by atomic mass is 32.2. The van der Waals surface area contributed by atoms with Gasteiger partial charge in [-0.25, -0.2) is 13.4 Å². The molecule has 154 valence electrons. The van der Waals surface area contributed by atoms with E-state index < -0.39 is 9.84 Å². The normalized spacial score (nSPS) is 13.0. The summed E-state index contributed by atoms with van der Waals surface area (Å²) in [5.74, 6) is 0. The SMILES string of the molecule is C[C@H](c1ccccn1)N(C)Cc1cnc(S(C)(=O)=O)n1CCCc1ccccc1. The summed E-state index contributed by atoms with van der Waals surface area (Å²) in [5.41, 5.74) is 3.12. The lowest BCUT2D eigenvalue weighted by Gasteiger charge is -2.24. The smallest absolute Gasteiger partial charge is 0.227 e. The molecule has 0 aliphatic rings. The summed E-state index contributed by atoms with van der Waals surface area (Å²) in [6, 6.07) is 16.2. The highest BCUT2D eigenvalue weighted by molar-refractivity contribution is 7.90. The predicted molar refractivity (Wildman–Crippen MR) is 114 cm³/mol. The van der Waals surface area contributed by atoms with Crippen molar-refractivity contribution in [3.63, 3.8) is 0 Å². The number of aryl methyl sites for hydroxylation is 1. The number of nitrogens with zero attached hydrogens (tertiary/aromatic N) is 4. The van der Waals surface area contributed by atoms with E-state index in [0.717, 1.165) is 24.2 Å². The molecule has 0 amide bonds. The molecule has 0 N–H and O–H groups in total. The molecule has 0 aliphatic heterocycles. The number of hydrogen-bond donors (Lipinski definition) is 0. The van der Waals surface area contributed by atoms with Gasteiger partial charge >= 0.3 is 0 Å². The molecule has 6 nitrogen and oxygen atoms in total. The van der Waals surface area contributed by atoms with E-state index in [1.54, 1.807) is 12.4 Å². The summed E-state index contributed by atoms with van der Waals surface area (Å²) >= 11 is 0. The molecule has 29 heavy (non-hydrogen) atoms. The Bertz CT molecular complexity index is 1020. The first-order chi connectivity index (χ1) is 13.9. The van der Waals surface area contributed by atoms with Crippen LogP contribution in [0.1, 0.15) is 36.3 Å². The Morgan fingerprint density at radius 2 is 1.79 bits per heavy atom. The van der Waals surface area contributed by atoms with Crippen molar-refractivity contribution in [2.45, 2.75) is 44.1 Å². The van der Waals surface area contributed by atoms with E-state index in [0.29, 0.717) is 13.1 Å². The molecule has 0 spiro atoms. The molecular weight excluding hydrogens is 384 g/mol. The Kier molecular flexibility index (Phi) is 6.82. The summed E-state index contributed by atoms with van der Waals surface area (Å²) < 4.78 is 26.3. The minimum atomic E-state index is -3.39. The van der Waals surface area contributed by atoms with Crippen LogP contribution in [0.2, 0.25) is 0 Å². The summed E-state index contributed by atoms with van der Waals surface area (Å²) in [5, 5.41) is 0.138. The molecule has 0 unspecified atom stereocenters. The van der Waals surface area contributed by atoms with Gasteiger partial charge in [0.15, 0.2) is 0 Å². The zero-order valence-corrected chi connectivity index (χ0v) is 18.0. The van der Waals surface area contributed by atoms with Crippen LogP contribution in [0.15, 0.2) is 66.1 Å². The van der Waals surface area contributed by atoms with Crippen LogP contribution in [0, 0.1) is 0 Å². The zero-order valence-electron chi connectivity index (χ0n) is 17.2. The van der Waals surface area contributed by atoms with E-state index in [-0.39, 0.29) is 11.2 Å². The molecule has 2 heterocycles. The van der Waals surface area contributed by atoms with Crippen LogP contribution in [-0.2, 0) is 29.3 Å². The van der Waals surface area contributed by atoms with Crippen LogP contribution in [-0.4, -0.2) is 41.2 Å². The van der Waals surface area contributed by atoms with Gasteiger partial charge in [0.05, 0.1) is 17.6 Å². The number of benzene rings is 1. The number of hydrogen-bond acceptors (Lipinski definition) is 5. The number of aromatic nitrogens is 3. The van der Waals surface area contributed by atoms with Crippen molar-refractivity contribution in [1.82, 2.24) is 19.4 Å². The molecule has 0 radical (unpaired) electrons. The van der Waals surface area contributed by atoms with Gasteiger partial charge in [0.2, 0.25) is 15.0 Å². The van der Waals surface area contributed by atoms with E-state index in [1.807, 2.05) is 48.0 Å². The topological polar surface area (TPSA) is 68.1 Å². The monoisotopic (exact) mass is 412 g/mol. The van der Waals surface area contributed by atoms with Crippen LogP contribution >= 0.6 is 0 Å². The highest BCUT2D eigenvalue weighted by Crippen LogP contribution is 2.21. The molecule has 3 rings (SSSR count). The largest absolute Gasteiger partial charge is 0.318 e. The molecule has 0 aliphatic carbocycles. The van der Waals surface area contributed by atoms with E-state index in [1.165, 1.54) is 11.8 Å². The molecule has 0 fully saturated rings. The van der Waals surface area contributed by atoms with Crippen molar-refractivity contribution < 1.29 is 8.42 Å². The molecule has 1 atom stereocenters. The fourth-order valence-electron chi connectivity index (χ4n) is 3.38. The maximum atomic E-state index is 12.2. The first-order valence-corrected chi connectivity index (χ1v) is 11.6. The van der Waals surface area contributed by atoms with Gasteiger partial charge in [0.25, 0.3) is 0 Å². The number of rotatable bonds is 9. The summed E-state index contributed by atoms with van der Waals surface area (Å²) in [7, 11) is -1.38. The third-order valence-corrected chi connectivity index (χ3v) is 6.10. The molecule has 1 aromatic carbocycles. The van der Waals surface area contributed by atoms with Crippen LogP contribution in [0.3, 0.4) is 0 Å². The Balaban J connectivity index is 1.76. The van der Waals surface area contributed by atoms with Gasteiger partial charge in [-0.05, 0) is 44.5 Å². The van der Waals surface area contributed by atoms with Crippen LogP contribution in [0.4, 0.5) is 0 Å². The van der Waals surface area contributed by atoms with E-state index in [2.05, 4.69) is 33.9 Å². The third kappa shape index (κ3) is 5.52. The lowest BCUT2D eigenvalue weighted by atomic mass is 10.1. The lowest BCUT2D eigenvalue weighted by Crippen LogP contribution is -2.24. The number of pyridine rings is 1. The second-order valence-corrected chi connectivity index (χ2v) is 9.30. The molecule has 3 aromatic rings. The van der Waals surface area contributed by atoms with Crippen molar-refractivity contribution in [3.8, 4) is 0 Å². The average Bonchev–Trinajstić information content (AvgIpc) is 3.12. The van der Waals surface area contributed by atoms with E-state index >= 15 is 0 Å². The number of imidazole rings is 1. The second kappa shape index (κ2) is 9.33. The average molecular weight is 413 g/mol. The minimum Gasteiger partial charge on any atom is -0.318 e. The summed E-state index contributed by atoms with van der Waals surface area (Å²) in [4.78, 5) is 10.8. The van der Waals surface area contributed by atoms with E-state index in [9.17, 15) is 8.42 Å². The molecular formula is C22H28N4O2S. The fraction of sp³-hybridized carbons (Fsp3) is 0.364. The van der Waals surface area contributed by atoms with Crippen molar-refractivity contribution in [2.75, 3.05) is 13.3 Å². The van der Waals surface area contributed by atoms with Crippen molar-refractivity contribution >= 4 is 9.84 Å². The fourth-order valence-corrected chi connectivity index (χ4v) is 4.23. The standard InChI is InChI=1S/C22H28N4O2S/c1-18(21-13-7-8-14-23-21)25(2)17-20-16-24-22(29(3,27)28)26(20)15-9-12-19-10-5-4-6-11-19/h4-8,10-11,13-14,16,18H,9,12,15,17H2,1-3H3/t18-/m1/s1. The Hall–Kier alpha value is -2.51. The molecule has 0 saturated carbocycles. The summed E-state index contributed by atoms with van der Waals surface area (Å²) in [6.45, 7) is 3.29. The zero-order chi connectivity index (χ0) is 20.9. The van der Waals surface area contributed by atoms with Crippen LogP contribution < -0.4 is 0 Å². The van der Waals surface area contributed by atoms with Gasteiger partial charge in [-0.2, -0.15) is 0 Å². The first kappa shape index (κ1) is 21.2. The third-order valence-electron chi connectivity index (χ3n) is 5.11. The van der Waals surface area contributed by atoms with E-state index in [4.69, 9.17) is 0 Å². The lowest BCUT2D eigenvalue weighted by molar-refractivity contribution is 0.241. The first-order valence-electron chi connectivity index (χ1n) is 9.76. The molecule has 0 bridgehead atoms. The van der Waals surface area contributed by atoms with Crippen LogP contribution in [0.25, 0.3) is 0 Å². The van der Waals surface area contributed by atoms with Gasteiger partial charge < -0.3 is 4.57 Å². The van der Waals surface area contributed by atoms with Crippen LogP contribution in [0.5, 0.6) is 0 Å². The van der Waals surface area contributed by atoms with Crippen molar-refractivity contribution in [2.24, 2.45) is 0 Å². The number of sulfone groups is 1. The van der Waals surface area contributed by atoms with Crippen molar-refractivity contribution in [1.29, 1.82) is 0 Å². The highest BCUT2D eigenvalue weighted by Gasteiger charge is 2.21. The maximum Gasteiger partial charge on any atom is 0.227 e. The molecule has 2 aromatic heterocycles. The van der Waals surface area contributed by atoms with Gasteiger partial charge in [-0.1, -0.05) is 36.4 Å². The van der Waals surface area contributed by atoms with Gasteiger partial charge in [-0.3, -0.25) is 9.88 Å². The molecule has 7 heteroatoms. The summed E-state index contributed by atoms with van der Waals surface area (Å²) in [6.07, 6.45) is 6.42. The quantitative estimate of drug-likeness (QED) is 0.538. The second-order valence-electron chi connectivity index (χ2n) is 7.39. The van der Waals surface area contributed by atoms with Crippen molar-refractivity contribution in [3.05, 3.63) is 77.9 Å².